The summed E-state index contributed by atoms with van der Waals surface area (Å²) in [5.41, 5.74) is 1.84. The molecule has 5 heteroatoms. The highest BCUT2D eigenvalue weighted by Crippen LogP contribution is 2.23. The number of carbonyl (C=O) groups excluding carboxylic acids is 1. The second-order valence-corrected chi connectivity index (χ2v) is 4.99. The molecule has 0 radical (unpaired) electrons. The first kappa shape index (κ1) is 15.5. The third-order valence-corrected chi connectivity index (χ3v) is 3.38. The Morgan fingerprint density at radius 3 is 2.71 bits per heavy atom. The number of hydrogen-bond donors (Lipinski definition) is 0. The quantitative estimate of drug-likeness (QED) is 0.764. The molecule has 0 aliphatic carbocycles. The number of nitrogens with zero attached hydrogens (tertiary/aromatic N) is 1. The Bertz CT molecular complexity index is 684. The highest BCUT2D eigenvalue weighted by molar-refractivity contribution is 6.42. The molecule has 0 atom stereocenters. The Morgan fingerprint density at radius 1 is 1.19 bits per heavy atom. The van der Waals surface area contributed by atoms with Crippen molar-refractivity contribution in [3.05, 3.63) is 63.4 Å². The van der Waals surface area contributed by atoms with E-state index in [9.17, 15) is 4.79 Å². The largest absolute Gasteiger partial charge is 0.461 e. The van der Waals surface area contributed by atoms with Crippen molar-refractivity contribution >= 4 is 41.3 Å². The van der Waals surface area contributed by atoms with E-state index in [0.717, 1.165) is 5.56 Å². The van der Waals surface area contributed by atoms with Crippen LogP contribution in [-0.2, 0) is 4.74 Å². The van der Waals surface area contributed by atoms with Crippen LogP contribution in [0, 0.1) is 0 Å². The van der Waals surface area contributed by atoms with E-state index in [-0.39, 0.29) is 5.69 Å². The zero-order valence-corrected chi connectivity index (χ0v) is 12.9. The van der Waals surface area contributed by atoms with Crippen LogP contribution in [0.5, 0.6) is 0 Å². The monoisotopic (exact) mass is 321 g/mol. The molecule has 0 unspecified atom stereocenters. The number of halogens is 2. The normalized spacial score (nSPS) is 10.8. The number of rotatable bonds is 4. The SMILES string of the molecule is CCOC(=O)c1cccc(/C=C/c2ccc(Cl)c(Cl)c2)n1. The van der Waals surface area contributed by atoms with Gasteiger partial charge in [-0.1, -0.05) is 41.4 Å². The van der Waals surface area contributed by atoms with Crippen LogP contribution in [0.15, 0.2) is 36.4 Å². The van der Waals surface area contributed by atoms with E-state index in [1.807, 2.05) is 12.1 Å². The number of ether oxygens (including phenoxy) is 1. The van der Waals surface area contributed by atoms with Gasteiger partial charge in [-0.2, -0.15) is 0 Å². The highest BCUT2D eigenvalue weighted by atomic mass is 35.5. The van der Waals surface area contributed by atoms with Crippen LogP contribution in [-0.4, -0.2) is 17.6 Å². The fraction of sp³-hybridized carbons (Fsp3) is 0.125. The maximum absolute atomic E-state index is 11.6. The number of pyridine rings is 1. The molecular weight excluding hydrogens is 309 g/mol. The molecule has 0 bridgehead atoms. The van der Waals surface area contributed by atoms with Crippen molar-refractivity contribution in [2.24, 2.45) is 0 Å². The maximum Gasteiger partial charge on any atom is 0.356 e. The first-order valence-corrected chi connectivity index (χ1v) is 7.13. The summed E-state index contributed by atoms with van der Waals surface area (Å²) in [6, 6.07) is 10.5. The van der Waals surface area contributed by atoms with E-state index in [1.165, 1.54) is 0 Å². The number of carbonyl (C=O) groups is 1. The van der Waals surface area contributed by atoms with Gasteiger partial charge < -0.3 is 4.74 Å². The third-order valence-electron chi connectivity index (χ3n) is 2.65. The average Bonchev–Trinajstić information content (AvgIpc) is 2.49. The number of hydrogen-bond acceptors (Lipinski definition) is 3. The van der Waals surface area contributed by atoms with Crippen LogP contribution >= 0.6 is 23.2 Å². The number of aromatic nitrogens is 1. The number of benzene rings is 1. The van der Waals surface area contributed by atoms with Crippen molar-refractivity contribution in [1.82, 2.24) is 4.98 Å². The molecule has 0 saturated carbocycles. The van der Waals surface area contributed by atoms with Gasteiger partial charge in [0.1, 0.15) is 5.69 Å². The summed E-state index contributed by atoms with van der Waals surface area (Å²) in [6.07, 6.45) is 3.64. The van der Waals surface area contributed by atoms with Crippen molar-refractivity contribution < 1.29 is 9.53 Å². The van der Waals surface area contributed by atoms with Gasteiger partial charge in [0.2, 0.25) is 0 Å². The van der Waals surface area contributed by atoms with Crippen molar-refractivity contribution in [2.45, 2.75) is 6.92 Å². The van der Waals surface area contributed by atoms with E-state index < -0.39 is 5.97 Å². The lowest BCUT2D eigenvalue weighted by Gasteiger charge is -2.02. The molecule has 0 amide bonds. The molecule has 0 aliphatic rings. The standard InChI is InChI=1S/C16H13Cl2NO2/c1-2-21-16(20)15-5-3-4-12(19-15)8-6-11-7-9-13(17)14(18)10-11/h3-10H,2H2,1H3/b8-6+. The van der Waals surface area contributed by atoms with E-state index in [2.05, 4.69) is 4.98 Å². The van der Waals surface area contributed by atoms with Crippen LogP contribution in [0.2, 0.25) is 10.0 Å². The van der Waals surface area contributed by atoms with E-state index in [4.69, 9.17) is 27.9 Å². The van der Waals surface area contributed by atoms with E-state index in [0.29, 0.717) is 22.3 Å². The van der Waals surface area contributed by atoms with Crippen LogP contribution in [0.25, 0.3) is 12.2 Å². The second-order valence-electron chi connectivity index (χ2n) is 4.18. The highest BCUT2D eigenvalue weighted by Gasteiger charge is 2.07. The second kappa shape index (κ2) is 7.25. The van der Waals surface area contributed by atoms with Crippen LogP contribution in [0.3, 0.4) is 0 Å². The lowest BCUT2D eigenvalue weighted by Crippen LogP contribution is -2.07. The van der Waals surface area contributed by atoms with Gasteiger partial charge >= 0.3 is 5.97 Å². The lowest BCUT2D eigenvalue weighted by atomic mass is 10.2. The van der Waals surface area contributed by atoms with Gasteiger partial charge in [-0.25, -0.2) is 9.78 Å². The summed E-state index contributed by atoms with van der Waals surface area (Å²) >= 11 is 11.8. The zero-order valence-electron chi connectivity index (χ0n) is 11.3. The topological polar surface area (TPSA) is 39.2 Å². The summed E-state index contributed by atoms with van der Waals surface area (Å²) in [4.78, 5) is 15.8. The first-order valence-electron chi connectivity index (χ1n) is 6.37. The summed E-state index contributed by atoms with van der Waals surface area (Å²) in [5, 5.41) is 1.00. The molecule has 0 aliphatic heterocycles. The minimum atomic E-state index is -0.428. The van der Waals surface area contributed by atoms with Gasteiger partial charge in [-0.05, 0) is 42.8 Å². The van der Waals surface area contributed by atoms with Crippen molar-refractivity contribution in [3.63, 3.8) is 0 Å². The van der Waals surface area contributed by atoms with Crippen molar-refractivity contribution in [3.8, 4) is 0 Å². The lowest BCUT2D eigenvalue weighted by molar-refractivity contribution is 0.0519. The molecule has 108 valence electrons. The molecule has 1 heterocycles. The third kappa shape index (κ3) is 4.31. The molecular formula is C16H13Cl2NO2. The van der Waals surface area contributed by atoms with Gasteiger partial charge in [-0.3, -0.25) is 0 Å². The minimum absolute atomic E-state index is 0.285. The van der Waals surface area contributed by atoms with E-state index in [1.54, 1.807) is 43.3 Å². The smallest absolute Gasteiger partial charge is 0.356 e. The summed E-state index contributed by atoms with van der Waals surface area (Å²) in [7, 11) is 0. The average molecular weight is 322 g/mol. The van der Waals surface area contributed by atoms with Gasteiger partial charge in [0.05, 0.1) is 22.3 Å². The molecule has 0 saturated heterocycles. The molecule has 0 N–H and O–H groups in total. The Labute approximate surface area is 133 Å². The van der Waals surface area contributed by atoms with Crippen molar-refractivity contribution in [2.75, 3.05) is 6.61 Å². The molecule has 1 aromatic heterocycles. The molecule has 0 fully saturated rings. The molecule has 2 rings (SSSR count). The number of esters is 1. The van der Waals surface area contributed by atoms with E-state index >= 15 is 0 Å². The molecule has 2 aromatic rings. The Balaban J connectivity index is 2.19. The molecule has 3 nitrogen and oxygen atoms in total. The summed E-state index contributed by atoms with van der Waals surface area (Å²) < 4.78 is 4.92. The van der Waals surface area contributed by atoms with Gasteiger partial charge in [0.25, 0.3) is 0 Å². The van der Waals surface area contributed by atoms with Crippen LogP contribution in [0.4, 0.5) is 0 Å². The maximum atomic E-state index is 11.6. The summed E-state index contributed by atoms with van der Waals surface area (Å²) in [6.45, 7) is 2.08. The Kier molecular flexibility index (Phi) is 5.37. The predicted molar refractivity (Wildman–Crippen MR) is 85.6 cm³/mol. The van der Waals surface area contributed by atoms with Gasteiger partial charge in [0, 0.05) is 0 Å². The Hall–Kier alpha value is -1.84. The Morgan fingerprint density at radius 2 is 2.00 bits per heavy atom. The fourth-order valence-electron chi connectivity index (χ4n) is 1.66. The fourth-order valence-corrected chi connectivity index (χ4v) is 1.97. The predicted octanol–water partition coefficient (Wildman–Crippen LogP) is 4.74. The minimum Gasteiger partial charge on any atom is -0.461 e. The first-order chi connectivity index (χ1) is 10.1. The van der Waals surface area contributed by atoms with Gasteiger partial charge in [-0.15, -0.1) is 0 Å². The zero-order chi connectivity index (χ0) is 15.2. The molecule has 0 spiro atoms. The summed E-state index contributed by atoms with van der Waals surface area (Å²) in [5.74, 6) is -0.428. The van der Waals surface area contributed by atoms with Gasteiger partial charge in [0.15, 0.2) is 0 Å². The van der Waals surface area contributed by atoms with Crippen LogP contribution in [0.1, 0.15) is 28.7 Å². The van der Waals surface area contributed by atoms with Crippen LogP contribution < -0.4 is 0 Å². The molecule has 21 heavy (non-hydrogen) atoms. The van der Waals surface area contributed by atoms with Crippen molar-refractivity contribution in [1.29, 1.82) is 0 Å². The molecule has 1 aromatic carbocycles.